The lowest BCUT2D eigenvalue weighted by atomic mass is 10.2. The van der Waals surface area contributed by atoms with Gasteiger partial charge in [-0.1, -0.05) is 11.6 Å². The number of fused-ring (bicyclic) bond motifs is 1. The number of ether oxygens (including phenoxy) is 1. The number of thioether (sulfide) groups is 1. The summed E-state index contributed by atoms with van der Waals surface area (Å²) in [4.78, 5) is 41.2. The highest BCUT2D eigenvalue weighted by molar-refractivity contribution is 8.01. The summed E-state index contributed by atoms with van der Waals surface area (Å²) in [5.41, 5.74) is 0.346. The first-order chi connectivity index (χ1) is 11.4. The van der Waals surface area contributed by atoms with Gasteiger partial charge in [0.15, 0.2) is 11.8 Å². The Labute approximate surface area is 148 Å². The Balaban J connectivity index is 1.55. The second-order valence-electron chi connectivity index (χ2n) is 5.76. The van der Waals surface area contributed by atoms with Gasteiger partial charge in [0.25, 0.3) is 5.91 Å². The molecule has 0 radical (unpaired) electrons. The molecule has 2 aliphatic rings. The van der Waals surface area contributed by atoms with Crippen molar-refractivity contribution in [2.75, 3.05) is 17.7 Å². The SMILES string of the molecule is C[C@]12CCC(=O)N1[C@@H](C(=O)OCC(=O)Nc1cccnc1Cl)CS2. The molecule has 0 aliphatic carbocycles. The zero-order chi connectivity index (χ0) is 17.3. The highest BCUT2D eigenvalue weighted by atomic mass is 35.5. The Morgan fingerprint density at radius 1 is 1.58 bits per heavy atom. The van der Waals surface area contributed by atoms with E-state index in [-0.39, 0.29) is 15.9 Å². The number of halogens is 1. The number of hydrogen-bond donors (Lipinski definition) is 1. The number of esters is 1. The number of amides is 2. The highest BCUT2D eigenvalue weighted by Crippen LogP contribution is 2.47. The van der Waals surface area contributed by atoms with Crippen molar-refractivity contribution in [1.29, 1.82) is 0 Å². The standard InChI is InChI=1S/C15H16ClN3O4S/c1-15-5-4-12(21)19(15)10(8-24-15)14(22)23-7-11(20)18-9-3-2-6-17-13(9)16/h2-3,6,10H,4-5,7-8H2,1H3,(H,18,20)/t10-,15+/m1/s1. The van der Waals surface area contributed by atoms with Crippen LogP contribution in [0.4, 0.5) is 5.69 Å². The molecular weight excluding hydrogens is 354 g/mol. The van der Waals surface area contributed by atoms with Gasteiger partial charge in [-0.25, -0.2) is 9.78 Å². The molecule has 9 heteroatoms. The van der Waals surface area contributed by atoms with E-state index in [9.17, 15) is 14.4 Å². The minimum Gasteiger partial charge on any atom is -0.454 e. The van der Waals surface area contributed by atoms with E-state index in [1.807, 2.05) is 6.92 Å². The van der Waals surface area contributed by atoms with Crippen molar-refractivity contribution in [3.8, 4) is 0 Å². The highest BCUT2D eigenvalue weighted by Gasteiger charge is 2.53. The van der Waals surface area contributed by atoms with Gasteiger partial charge in [0.2, 0.25) is 5.91 Å². The summed E-state index contributed by atoms with van der Waals surface area (Å²) in [6.07, 6.45) is 2.66. The first-order valence-electron chi connectivity index (χ1n) is 7.44. The van der Waals surface area contributed by atoms with E-state index in [0.717, 1.165) is 6.42 Å². The van der Waals surface area contributed by atoms with Gasteiger partial charge in [-0.15, -0.1) is 11.8 Å². The lowest BCUT2D eigenvalue weighted by Gasteiger charge is -2.29. The van der Waals surface area contributed by atoms with Crippen LogP contribution in [0.25, 0.3) is 0 Å². The zero-order valence-electron chi connectivity index (χ0n) is 13.0. The second kappa shape index (κ2) is 6.60. The molecule has 0 spiro atoms. The van der Waals surface area contributed by atoms with E-state index < -0.39 is 24.5 Å². The molecule has 1 N–H and O–H groups in total. The van der Waals surface area contributed by atoms with Gasteiger partial charge >= 0.3 is 5.97 Å². The molecule has 7 nitrogen and oxygen atoms in total. The Kier molecular flexibility index (Phi) is 4.69. The Hall–Kier alpha value is -1.80. The number of carbonyl (C=O) groups excluding carboxylic acids is 3. The minimum atomic E-state index is -0.634. The monoisotopic (exact) mass is 369 g/mol. The number of hydrogen-bond acceptors (Lipinski definition) is 6. The molecule has 3 heterocycles. The van der Waals surface area contributed by atoms with Crippen LogP contribution in [0.2, 0.25) is 5.15 Å². The number of nitrogens with zero attached hydrogens (tertiary/aromatic N) is 2. The van der Waals surface area contributed by atoms with Crippen LogP contribution in [-0.4, -0.2) is 50.9 Å². The van der Waals surface area contributed by atoms with Crippen LogP contribution in [0, 0.1) is 0 Å². The van der Waals surface area contributed by atoms with Crippen molar-refractivity contribution in [2.24, 2.45) is 0 Å². The van der Waals surface area contributed by atoms with Crippen LogP contribution in [0.15, 0.2) is 18.3 Å². The van der Waals surface area contributed by atoms with Crippen molar-refractivity contribution in [2.45, 2.75) is 30.7 Å². The Morgan fingerprint density at radius 3 is 3.12 bits per heavy atom. The van der Waals surface area contributed by atoms with Crippen molar-refractivity contribution in [3.63, 3.8) is 0 Å². The molecule has 0 bridgehead atoms. The third-order valence-corrected chi connectivity index (χ3v) is 5.90. The number of pyridine rings is 1. The van der Waals surface area contributed by atoms with E-state index in [1.54, 1.807) is 28.8 Å². The van der Waals surface area contributed by atoms with Crippen LogP contribution >= 0.6 is 23.4 Å². The van der Waals surface area contributed by atoms with Crippen LogP contribution in [0.5, 0.6) is 0 Å². The van der Waals surface area contributed by atoms with Crippen molar-refractivity contribution in [1.82, 2.24) is 9.88 Å². The molecule has 2 amide bonds. The van der Waals surface area contributed by atoms with Crippen LogP contribution in [0.3, 0.4) is 0 Å². The lowest BCUT2D eigenvalue weighted by Crippen LogP contribution is -2.47. The predicted molar refractivity (Wildman–Crippen MR) is 89.6 cm³/mol. The third kappa shape index (κ3) is 3.21. The molecule has 1 aromatic rings. The predicted octanol–water partition coefficient (Wildman–Crippen LogP) is 1.67. The van der Waals surface area contributed by atoms with Gasteiger partial charge in [0.1, 0.15) is 6.04 Å². The topological polar surface area (TPSA) is 88.6 Å². The van der Waals surface area contributed by atoms with Crippen molar-refractivity contribution < 1.29 is 19.1 Å². The fraction of sp³-hybridized carbons (Fsp3) is 0.467. The molecule has 2 saturated heterocycles. The van der Waals surface area contributed by atoms with Crippen molar-refractivity contribution in [3.05, 3.63) is 23.5 Å². The van der Waals surface area contributed by atoms with Gasteiger partial charge < -0.3 is 15.0 Å². The normalized spacial score (nSPS) is 25.5. The maximum Gasteiger partial charge on any atom is 0.330 e. The molecule has 1 aromatic heterocycles. The summed E-state index contributed by atoms with van der Waals surface area (Å²) >= 11 is 7.42. The number of carbonyl (C=O) groups is 3. The van der Waals surface area contributed by atoms with Crippen molar-refractivity contribution >= 4 is 46.8 Å². The number of anilines is 1. The molecule has 24 heavy (non-hydrogen) atoms. The molecule has 0 aromatic carbocycles. The number of nitrogens with one attached hydrogen (secondary N) is 1. The maximum atomic E-state index is 12.3. The summed E-state index contributed by atoms with van der Waals surface area (Å²) in [6, 6.07) is 2.59. The number of rotatable bonds is 4. The van der Waals surface area contributed by atoms with E-state index >= 15 is 0 Å². The maximum absolute atomic E-state index is 12.3. The second-order valence-corrected chi connectivity index (χ2v) is 7.62. The molecule has 2 aliphatic heterocycles. The lowest BCUT2D eigenvalue weighted by molar-refractivity contribution is -0.155. The first-order valence-corrected chi connectivity index (χ1v) is 8.80. The van der Waals surface area contributed by atoms with Crippen LogP contribution in [-0.2, 0) is 19.1 Å². The van der Waals surface area contributed by atoms with Gasteiger partial charge in [-0.05, 0) is 25.5 Å². The van der Waals surface area contributed by atoms with Crippen LogP contribution < -0.4 is 5.32 Å². The molecule has 128 valence electrons. The average molecular weight is 370 g/mol. The quantitative estimate of drug-likeness (QED) is 0.641. The van der Waals surface area contributed by atoms with E-state index in [4.69, 9.17) is 16.3 Å². The largest absolute Gasteiger partial charge is 0.454 e. The third-order valence-electron chi connectivity index (χ3n) is 4.10. The van der Waals surface area contributed by atoms with Gasteiger partial charge in [-0.2, -0.15) is 0 Å². The molecule has 2 fully saturated rings. The summed E-state index contributed by atoms with van der Waals surface area (Å²) in [7, 11) is 0. The summed E-state index contributed by atoms with van der Waals surface area (Å²) < 4.78 is 5.08. The smallest absolute Gasteiger partial charge is 0.330 e. The first kappa shape index (κ1) is 17.0. The minimum absolute atomic E-state index is 0.0453. The average Bonchev–Trinajstić information content (AvgIpc) is 3.04. The molecular formula is C15H16ClN3O4S. The van der Waals surface area contributed by atoms with Gasteiger partial charge in [0, 0.05) is 18.4 Å². The van der Waals surface area contributed by atoms with E-state index in [2.05, 4.69) is 10.3 Å². The van der Waals surface area contributed by atoms with Gasteiger partial charge in [0.05, 0.1) is 10.6 Å². The summed E-state index contributed by atoms with van der Waals surface area (Å²) in [6.45, 7) is 1.51. The molecule has 2 atom stereocenters. The van der Waals surface area contributed by atoms with E-state index in [1.165, 1.54) is 6.20 Å². The fourth-order valence-electron chi connectivity index (χ4n) is 2.89. The molecule has 0 saturated carbocycles. The fourth-order valence-corrected chi connectivity index (χ4v) is 4.48. The molecule has 3 rings (SSSR count). The van der Waals surface area contributed by atoms with Gasteiger partial charge in [-0.3, -0.25) is 9.59 Å². The van der Waals surface area contributed by atoms with E-state index in [0.29, 0.717) is 17.9 Å². The summed E-state index contributed by atoms with van der Waals surface area (Å²) in [5, 5.41) is 2.68. The Morgan fingerprint density at radius 2 is 2.38 bits per heavy atom. The molecule has 0 unspecified atom stereocenters. The zero-order valence-corrected chi connectivity index (χ0v) is 14.5. The Bertz CT molecular complexity index is 701. The number of aromatic nitrogens is 1. The summed E-state index contributed by atoms with van der Waals surface area (Å²) in [5.74, 6) is -0.638. The van der Waals surface area contributed by atoms with Crippen LogP contribution in [0.1, 0.15) is 19.8 Å².